The van der Waals surface area contributed by atoms with Gasteiger partial charge >= 0.3 is 0 Å². The lowest BCUT2D eigenvalue weighted by Crippen LogP contribution is -2.56. The van der Waals surface area contributed by atoms with Crippen molar-refractivity contribution >= 4 is 17.7 Å². The average molecular weight is 557 g/mol. The minimum absolute atomic E-state index is 0.00767. The molecule has 4 atom stereocenters. The highest BCUT2D eigenvalue weighted by atomic mass is 19.1. The Hall–Kier alpha value is -3.66. The van der Waals surface area contributed by atoms with Crippen LogP contribution < -0.4 is 20.7 Å². The number of nitrogens with zero attached hydrogens (tertiary/aromatic N) is 1. The number of benzene rings is 2. The van der Waals surface area contributed by atoms with Crippen LogP contribution in [0.25, 0.3) is 0 Å². The molecule has 9 nitrogen and oxygen atoms in total. The van der Waals surface area contributed by atoms with Gasteiger partial charge in [0.15, 0.2) is 11.6 Å². The molecule has 0 aliphatic carbocycles. The van der Waals surface area contributed by atoms with Gasteiger partial charge in [0.2, 0.25) is 17.7 Å². The van der Waals surface area contributed by atoms with E-state index in [4.69, 9.17) is 4.74 Å². The van der Waals surface area contributed by atoms with Crippen molar-refractivity contribution in [1.29, 1.82) is 0 Å². The van der Waals surface area contributed by atoms with Crippen molar-refractivity contribution in [1.82, 2.24) is 20.9 Å². The van der Waals surface area contributed by atoms with E-state index >= 15 is 0 Å². The summed E-state index contributed by atoms with van der Waals surface area (Å²) in [5, 5.41) is 18.5. The number of aryl methyl sites for hydroxylation is 1. The van der Waals surface area contributed by atoms with Gasteiger partial charge in [0, 0.05) is 26.6 Å². The number of aromatic hydroxyl groups is 1. The molecule has 1 aliphatic rings. The maximum absolute atomic E-state index is 14.0. The Morgan fingerprint density at radius 2 is 1.82 bits per heavy atom. The number of halogens is 1. The molecular weight excluding hydrogens is 515 g/mol. The number of nitrogens with one attached hydrogen (secondary N) is 3. The van der Waals surface area contributed by atoms with E-state index in [1.807, 2.05) is 38.1 Å². The summed E-state index contributed by atoms with van der Waals surface area (Å²) in [6.45, 7) is 6.33. The van der Waals surface area contributed by atoms with Crippen molar-refractivity contribution in [2.75, 3.05) is 20.1 Å². The lowest BCUT2D eigenvalue weighted by atomic mass is 10.0. The van der Waals surface area contributed by atoms with Gasteiger partial charge in [-0.3, -0.25) is 14.4 Å². The molecule has 0 fully saturated rings. The third-order valence-corrected chi connectivity index (χ3v) is 7.14. The van der Waals surface area contributed by atoms with Crippen LogP contribution in [0.5, 0.6) is 11.5 Å². The molecule has 218 valence electrons. The van der Waals surface area contributed by atoms with Crippen LogP contribution in [0.15, 0.2) is 42.5 Å². The van der Waals surface area contributed by atoms with E-state index in [1.165, 1.54) is 17.0 Å². The van der Waals surface area contributed by atoms with E-state index in [0.717, 1.165) is 23.8 Å². The molecule has 0 saturated carbocycles. The molecule has 10 heteroatoms. The zero-order valence-electron chi connectivity index (χ0n) is 23.7. The molecule has 40 heavy (non-hydrogen) atoms. The number of phenols is 1. The summed E-state index contributed by atoms with van der Waals surface area (Å²) in [6.07, 6.45) is 2.45. The van der Waals surface area contributed by atoms with Crippen LogP contribution in [0.3, 0.4) is 0 Å². The SMILES string of the molecule is CCC[C@@H]1NC[C@@H](C)Oc2ccccc2CCCNC(=O)[C@@H](Cc2ccc(O)c(F)c2)NC(=O)[C@@H](C)N(C)C1=O. The van der Waals surface area contributed by atoms with E-state index in [9.17, 15) is 23.9 Å². The lowest BCUT2D eigenvalue weighted by molar-refractivity contribution is -0.141. The molecule has 2 aromatic rings. The Balaban J connectivity index is 1.87. The lowest BCUT2D eigenvalue weighted by Gasteiger charge is -2.30. The molecule has 3 rings (SSSR count). The van der Waals surface area contributed by atoms with Crippen LogP contribution in [0.4, 0.5) is 4.39 Å². The Bertz CT molecular complexity index is 1180. The van der Waals surface area contributed by atoms with Crippen LogP contribution in [0, 0.1) is 5.82 Å². The first kappa shape index (κ1) is 30.9. The van der Waals surface area contributed by atoms with Crippen molar-refractivity contribution in [2.45, 2.75) is 77.1 Å². The van der Waals surface area contributed by atoms with E-state index < -0.39 is 41.5 Å². The van der Waals surface area contributed by atoms with Gasteiger partial charge in [-0.15, -0.1) is 0 Å². The molecule has 0 unspecified atom stereocenters. The van der Waals surface area contributed by atoms with Crippen LogP contribution in [0.1, 0.15) is 51.2 Å². The maximum atomic E-state index is 14.0. The summed E-state index contributed by atoms with van der Waals surface area (Å²) in [6, 6.07) is 9.21. The number of likely N-dealkylation sites (N-methyl/N-ethyl adjacent to an activating group) is 1. The fourth-order valence-corrected chi connectivity index (χ4v) is 4.63. The average Bonchev–Trinajstić information content (AvgIpc) is 2.93. The molecule has 2 aromatic carbocycles. The highest BCUT2D eigenvalue weighted by Gasteiger charge is 2.31. The van der Waals surface area contributed by atoms with Gasteiger partial charge in [0.05, 0.1) is 6.04 Å². The van der Waals surface area contributed by atoms with Crippen molar-refractivity contribution in [3.8, 4) is 11.5 Å². The number of para-hydroxylation sites is 1. The van der Waals surface area contributed by atoms with Crippen LogP contribution in [-0.4, -0.2) is 72.1 Å². The third-order valence-electron chi connectivity index (χ3n) is 7.14. The maximum Gasteiger partial charge on any atom is 0.243 e. The Kier molecular flexibility index (Phi) is 11.3. The first-order chi connectivity index (χ1) is 19.1. The standard InChI is InChI=1S/C30H41FN4O5/c1-5-9-24-30(39)35(4)20(3)28(37)34-25(17-21-13-14-26(36)23(31)16-21)29(38)32-15-8-11-22-10-6-7-12-27(22)40-19(2)18-33-24/h6-7,10,12-14,16,19-20,24-25,33,36H,5,8-9,11,15,17-18H2,1-4H3,(H,32,38)(H,34,37)/t19-,20-,24+,25-/m1/s1. The van der Waals surface area contributed by atoms with E-state index in [-0.39, 0.29) is 18.4 Å². The number of rotatable bonds is 4. The molecule has 0 bridgehead atoms. The van der Waals surface area contributed by atoms with Crippen molar-refractivity contribution in [3.05, 3.63) is 59.4 Å². The minimum atomic E-state index is -1.01. The highest BCUT2D eigenvalue weighted by Crippen LogP contribution is 2.21. The molecule has 1 heterocycles. The second-order valence-corrected chi connectivity index (χ2v) is 10.4. The number of ether oxygens (including phenoxy) is 1. The van der Waals surface area contributed by atoms with Gasteiger partial charge in [-0.05, 0) is 62.4 Å². The molecule has 0 aromatic heterocycles. The van der Waals surface area contributed by atoms with Gasteiger partial charge in [0.25, 0.3) is 0 Å². The molecule has 4 N–H and O–H groups in total. The molecular formula is C30H41FN4O5. The fraction of sp³-hybridized carbons (Fsp3) is 0.500. The summed E-state index contributed by atoms with van der Waals surface area (Å²) >= 11 is 0. The quantitative estimate of drug-likeness (QED) is 0.460. The highest BCUT2D eigenvalue weighted by molar-refractivity contribution is 5.93. The van der Waals surface area contributed by atoms with Crippen molar-refractivity contribution in [3.63, 3.8) is 0 Å². The minimum Gasteiger partial charge on any atom is -0.505 e. The second-order valence-electron chi connectivity index (χ2n) is 10.4. The van der Waals surface area contributed by atoms with E-state index in [0.29, 0.717) is 37.9 Å². The number of carbonyl (C=O) groups excluding carboxylic acids is 3. The van der Waals surface area contributed by atoms with Gasteiger partial charge in [0.1, 0.15) is 23.9 Å². The fourth-order valence-electron chi connectivity index (χ4n) is 4.63. The van der Waals surface area contributed by atoms with Crippen molar-refractivity contribution in [2.24, 2.45) is 0 Å². The molecule has 1 aliphatic heterocycles. The van der Waals surface area contributed by atoms with E-state index in [1.54, 1.807) is 14.0 Å². The van der Waals surface area contributed by atoms with Gasteiger partial charge in [-0.2, -0.15) is 0 Å². The van der Waals surface area contributed by atoms with Gasteiger partial charge < -0.3 is 30.7 Å². The zero-order chi connectivity index (χ0) is 29.2. The predicted molar refractivity (Wildman–Crippen MR) is 150 cm³/mol. The van der Waals surface area contributed by atoms with Crippen LogP contribution in [-0.2, 0) is 27.2 Å². The number of carbonyl (C=O) groups is 3. The number of hydrogen-bond donors (Lipinski definition) is 4. The Morgan fingerprint density at radius 1 is 1.07 bits per heavy atom. The first-order valence-corrected chi connectivity index (χ1v) is 13.9. The van der Waals surface area contributed by atoms with Gasteiger partial charge in [-0.1, -0.05) is 37.6 Å². The summed E-state index contributed by atoms with van der Waals surface area (Å²) in [5.74, 6) is -1.71. The molecule has 0 radical (unpaired) electrons. The number of phenolic OH excluding ortho intramolecular Hbond substituents is 1. The summed E-state index contributed by atoms with van der Waals surface area (Å²) < 4.78 is 20.2. The topological polar surface area (TPSA) is 120 Å². The number of fused-ring (bicyclic) bond motifs is 1. The molecule has 0 saturated heterocycles. The predicted octanol–water partition coefficient (Wildman–Crippen LogP) is 2.69. The summed E-state index contributed by atoms with van der Waals surface area (Å²) in [4.78, 5) is 41.2. The van der Waals surface area contributed by atoms with E-state index in [2.05, 4.69) is 16.0 Å². The molecule has 0 spiro atoms. The van der Waals surface area contributed by atoms with Gasteiger partial charge in [-0.25, -0.2) is 4.39 Å². The smallest absolute Gasteiger partial charge is 0.243 e. The monoisotopic (exact) mass is 556 g/mol. The third kappa shape index (κ3) is 8.42. The number of amides is 3. The van der Waals surface area contributed by atoms with Crippen LogP contribution in [0.2, 0.25) is 0 Å². The summed E-state index contributed by atoms with van der Waals surface area (Å²) in [5.41, 5.74) is 1.44. The molecule has 3 amide bonds. The Morgan fingerprint density at radius 3 is 2.55 bits per heavy atom. The number of hydrogen-bond acceptors (Lipinski definition) is 6. The second kappa shape index (κ2) is 14.6. The normalized spacial score (nSPS) is 23.7. The largest absolute Gasteiger partial charge is 0.505 e. The van der Waals surface area contributed by atoms with Crippen LogP contribution >= 0.6 is 0 Å². The zero-order valence-corrected chi connectivity index (χ0v) is 23.7. The van der Waals surface area contributed by atoms with Crippen molar-refractivity contribution < 1.29 is 28.6 Å². The first-order valence-electron chi connectivity index (χ1n) is 13.9. The Labute approximate surface area is 235 Å². The summed E-state index contributed by atoms with van der Waals surface area (Å²) in [7, 11) is 1.57.